The summed E-state index contributed by atoms with van der Waals surface area (Å²) in [6.07, 6.45) is 0. The van der Waals surface area contributed by atoms with Crippen molar-refractivity contribution in [3.63, 3.8) is 0 Å². The van der Waals surface area contributed by atoms with E-state index < -0.39 is 22.8 Å². The predicted octanol–water partition coefficient (Wildman–Crippen LogP) is 2.59. The predicted molar refractivity (Wildman–Crippen MR) is 97.9 cm³/mol. The summed E-state index contributed by atoms with van der Waals surface area (Å²) in [6, 6.07) is 11.0. The Labute approximate surface area is 148 Å². The van der Waals surface area contributed by atoms with E-state index in [-0.39, 0.29) is 23.5 Å². The number of amides is 1. The summed E-state index contributed by atoms with van der Waals surface area (Å²) < 4.78 is 14.4. The lowest BCUT2D eigenvalue weighted by Gasteiger charge is -2.14. The van der Waals surface area contributed by atoms with Crippen molar-refractivity contribution in [1.82, 2.24) is 9.55 Å². The van der Waals surface area contributed by atoms with Crippen molar-refractivity contribution < 1.29 is 9.18 Å². The molecule has 0 aliphatic rings. The highest BCUT2D eigenvalue weighted by Crippen LogP contribution is 2.23. The average molecular weight is 355 g/mol. The summed E-state index contributed by atoms with van der Waals surface area (Å²) in [4.78, 5) is 38.8. The van der Waals surface area contributed by atoms with Gasteiger partial charge in [-0.15, -0.1) is 0 Å². The molecular weight excluding hydrogens is 337 g/mol. The third-order valence-electron chi connectivity index (χ3n) is 4.10. The molecule has 2 N–H and O–H groups in total. The van der Waals surface area contributed by atoms with Crippen molar-refractivity contribution in [1.29, 1.82) is 0 Å². The van der Waals surface area contributed by atoms with Crippen LogP contribution in [0.25, 0.3) is 11.0 Å². The topological polar surface area (TPSA) is 84.0 Å². The molecular formula is C19H18FN3O3. The molecule has 134 valence electrons. The van der Waals surface area contributed by atoms with Gasteiger partial charge in [0.1, 0.15) is 12.4 Å². The maximum atomic E-state index is 13.4. The number of H-pyrrole nitrogens is 1. The normalized spacial score (nSPS) is 11.1. The Morgan fingerprint density at radius 3 is 2.65 bits per heavy atom. The summed E-state index contributed by atoms with van der Waals surface area (Å²) in [5.74, 6) is -0.789. The number of carbonyl (C=O) groups excluding carboxylic acids is 1. The highest BCUT2D eigenvalue weighted by molar-refractivity contribution is 5.92. The van der Waals surface area contributed by atoms with E-state index in [1.54, 1.807) is 12.1 Å². The van der Waals surface area contributed by atoms with Crippen LogP contribution >= 0.6 is 0 Å². The van der Waals surface area contributed by atoms with Crippen molar-refractivity contribution in [2.45, 2.75) is 26.3 Å². The first-order chi connectivity index (χ1) is 12.4. The van der Waals surface area contributed by atoms with Gasteiger partial charge in [0.25, 0.3) is 0 Å². The zero-order valence-electron chi connectivity index (χ0n) is 14.4. The molecule has 26 heavy (non-hydrogen) atoms. The van der Waals surface area contributed by atoms with Crippen LogP contribution in [-0.4, -0.2) is 15.5 Å². The van der Waals surface area contributed by atoms with E-state index in [0.717, 1.165) is 16.2 Å². The maximum Gasteiger partial charge on any atom is 0.317 e. The van der Waals surface area contributed by atoms with Crippen LogP contribution in [0.5, 0.6) is 0 Å². The van der Waals surface area contributed by atoms with E-state index in [2.05, 4.69) is 10.3 Å². The largest absolute Gasteiger partial charge is 0.324 e. The minimum absolute atomic E-state index is 0.157. The molecule has 0 fully saturated rings. The molecule has 0 aliphatic heterocycles. The summed E-state index contributed by atoms with van der Waals surface area (Å²) in [7, 11) is 0. The molecule has 6 nitrogen and oxygen atoms in total. The number of nitrogens with zero attached hydrogens (tertiary/aromatic N) is 1. The monoisotopic (exact) mass is 355 g/mol. The van der Waals surface area contributed by atoms with Gasteiger partial charge in [-0.25, -0.2) is 4.39 Å². The first-order valence-electron chi connectivity index (χ1n) is 8.18. The van der Waals surface area contributed by atoms with Gasteiger partial charge >= 0.3 is 11.1 Å². The van der Waals surface area contributed by atoms with E-state index in [9.17, 15) is 18.8 Å². The lowest BCUT2D eigenvalue weighted by Crippen LogP contribution is -2.38. The molecule has 0 bridgehead atoms. The number of rotatable bonds is 4. The van der Waals surface area contributed by atoms with E-state index in [4.69, 9.17) is 0 Å². The molecule has 0 atom stereocenters. The van der Waals surface area contributed by atoms with E-state index >= 15 is 0 Å². The Morgan fingerprint density at radius 2 is 1.92 bits per heavy atom. The van der Waals surface area contributed by atoms with E-state index in [1.807, 2.05) is 26.0 Å². The number of fused-ring (bicyclic) bond motifs is 1. The van der Waals surface area contributed by atoms with E-state index in [1.165, 1.54) is 12.1 Å². The number of carbonyl (C=O) groups is 1. The van der Waals surface area contributed by atoms with Gasteiger partial charge < -0.3 is 10.3 Å². The van der Waals surface area contributed by atoms with Crippen molar-refractivity contribution in [2.75, 3.05) is 5.32 Å². The molecule has 3 aromatic rings. The van der Waals surface area contributed by atoms with Crippen molar-refractivity contribution in [2.24, 2.45) is 0 Å². The van der Waals surface area contributed by atoms with Crippen LogP contribution in [0.4, 0.5) is 10.1 Å². The second-order valence-electron chi connectivity index (χ2n) is 6.30. The highest BCUT2D eigenvalue weighted by atomic mass is 19.1. The van der Waals surface area contributed by atoms with Gasteiger partial charge in [0.2, 0.25) is 5.91 Å². The van der Waals surface area contributed by atoms with Gasteiger partial charge in [-0.2, -0.15) is 0 Å². The number of para-hydroxylation sites is 1. The number of halogens is 1. The second kappa shape index (κ2) is 6.95. The Bertz CT molecular complexity index is 1100. The molecule has 2 aromatic carbocycles. The molecule has 0 unspecified atom stereocenters. The van der Waals surface area contributed by atoms with Crippen LogP contribution in [0, 0.1) is 5.82 Å². The van der Waals surface area contributed by atoms with Gasteiger partial charge in [-0.05, 0) is 35.7 Å². The van der Waals surface area contributed by atoms with Gasteiger partial charge in [0, 0.05) is 5.69 Å². The van der Waals surface area contributed by atoms with Gasteiger partial charge in [0.15, 0.2) is 0 Å². The van der Waals surface area contributed by atoms with Crippen LogP contribution in [0.1, 0.15) is 25.3 Å². The summed E-state index contributed by atoms with van der Waals surface area (Å²) >= 11 is 0. The minimum Gasteiger partial charge on any atom is -0.324 e. The number of aromatic amines is 1. The molecule has 0 saturated heterocycles. The Hall–Kier alpha value is -3.22. The highest BCUT2D eigenvalue weighted by Gasteiger charge is 2.14. The summed E-state index contributed by atoms with van der Waals surface area (Å²) in [5.41, 5.74) is 0.287. The first-order valence-corrected chi connectivity index (χ1v) is 8.18. The van der Waals surface area contributed by atoms with Crippen LogP contribution < -0.4 is 16.4 Å². The number of anilines is 1. The Balaban J connectivity index is 1.97. The van der Waals surface area contributed by atoms with Gasteiger partial charge in [-0.1, -0.05) is 32.0 Å². The molecule has 0 saturated carbocycles. The van der Waals surface area contributed by atoms with E-state index in [0.29, 0.717) is 5.69 Å². The third-order valence-corrected chi connectivity index (χ3v) is 4.10. The summed E-state index contributed by atoms with van der Waals surface area (Å²) in [6.45, 7) is 3.67. The minimum atomic E-state index is -0.904. The fraction of sp³-hybridized carbons (Fsp3) is 0.211. The van der Waals surface area contributed by atoms with Crippen LogP contribution in [0.15, 0.2) is 52.1 Å². The average Bonchev–Trinajstić information content (AvgIpc) is 2.59. The fourth-order valence-corrected chi connectivity index (χ4v) is 2.86. The maximum absolute atomic E-state index is 13.4. The smallest absolute Gasteiger partial charge is 0.317 e. The number of hydrogen-bond acceptors (Lipinski definition) is 3. The molecule has 1 aromatic heterocycles. The molecule has 1 amide bonds. The standard InChI is InChI=1S/C19H18FN3O3/c1-11(2)13-5-3-4-6-14(13)21-17(24)10-23-16-8-7-12(20)9-15(16)22-18(25)19(23)26/h3-9,11H,10H2,1-2H3,(H,21,24)(H,22,25). The molecule has 0 spiro atoms. The van der Waals surface area contributed by atoms with Gasteiger partial charge in [-0.3, -0.25) is 19.0 Å². The fourth-order valence-electron chi connectivity index (χ4n) is 2.86. The van der Waals surface area contributed by atoms with Crippen LogP contribution in [0.3, 0.4) is 0 Å². The SMILES string of the molecule is CC(C)c1ccccc1NC(=O)Cn1c(=O)c(=O)[nH]c2cc(F)ccc21. The quantitative estimate of drug-likeness (QED) is 0.706. The molecule has 7 heteroatoms. The third kappa shape index (κ3) is 3.42. The number of aromatic nitrogens is 2. The van der Waals surface area contributed by atoms with Crippen molar-refractivity contribution in [3.05, 3.63) is 74.6 Å². The molecule has 1 heterocycles. The number of nitrogens with one attached hydrogen (secondary N) is 2. The number of hydrogen-bond donors (Lipinski definition) is 2. The Morgan fingerprint density at radius 1 is 1.19 bits per heavy atom. The van der Waals surface area contributed by atoms with Crippen LogP contribution in [-0.2, 0) is 11.3 Å². The number of benzene rings is 2. The molecule has 0 radical (unpaired) electrons. The molecule has 3 rings (SSSR count). The lowest BCUT2D eigenvalue weighted by molar-refractivity contribution is -0.116. The summed E-state index contributed by atoms with van der Waals surface area (Å²) in [5, 5.41) is 2.78. The lowest BCUT2D eigenvalue weighted by atomic mass is 10.0. The van der Waals surface area contributed by atoms with Crippen molar-refractivity contribution >= 4 is 22.6 Å². The van der Waals surface area contributed by atoms with Crippen molar-refractivity contribution in [3.8, 4) is 0 Å². The Kier molecular flexibility index (Phi) is 4.71. The second-order valence-corrected chi connectivity index (χ2v) is 6.30. The van der Waals surface area contributed by atoms with Crippen LogP contribution in [0.2, 0.25) is 0 Å². The zero-order chi connectivity index (χ0) is 18.8. The van der Waals surface area contributed by atoms with Gasteiger partial charge in [0.05, 0.1) is 11.0 Å². The zero-order valence-corrected chi connectivity index (χ0v) is 14.4. The first kappa shape index (κ1) is 17.6. The molecule has 0 aliphatic carbocycles.